The van der Waals surface area contributed by atoms with Crippen molar-refractivity contribution in [2.24, 2.45) is 5.92 Å². The van der Waals surface area contributed by atoms with Gasteiger partial charge in [0.15, 0.2) is 0 Å². The molecule has 0 aromatic heterocycles. The summed E-state index contributed by atoms with van der Waals surface area (Å²) in [6, 6.07) is 0. The lowest BCUT2D eigenvalue weighted by Gasteiger charge is -2.07. The zero-order valence-corrected chi connectivity index (χ0v) is 18.1. The number of hydrogen-bond donors (Lipinski definition) is 1. The zero-order valence-electron chi connectivity index (χ0n) is 17.3. The van der Waals surface area contributed by atoms with Crippen molar-refractivity contribution < 1.29 is 9.32 Å². The number of aliphatic hydroxyl groups excluding tert-OH is 1. The maximum Gasteiger partial charge on any atom is 0.0465 e. The Morgan fingerprint density at radius 3 is 1.40 bits per heavy atom. The van der Waals surface area contributed by atoms with Gasteiger partial charge in [-0.25, -0.2) is 0 Å². The van der Waals surface area contributed by atoms with Gasteiger partial charge < -0.3 is 5.11 Å². The molecule has 0 bridgehead atoms. The summed E-state index contributed by atoms with van der Waals surface area (Å²) in [5.74, 6) is 1.67. The van der Waals surface area contributed by atoms with Crippen LogP contribution in [-0.2, 0) is 10.8 Å². The molecule has 0 aliphatic rings. The van der Waals surface area contributed by atoms with Crippen molar-refractivity contribution in [3.8, 4) is 0 Å². The van der Waals surface area contributed by atoms with Crippen molar-refractivity contribution in [3.63, 3.8) is 0 Å². The van der Waals surface area contributed by atoms with Gasteiger partial charge in [0.25, 0.3) is 0 Å². The molecule has 25 heavy (non-hydrogen) atoms. The molecular formula is C22H46O2S. The molecule has 0 heterocycles. The predicted molar refractivity (Wildman–Crippen MR) is 114 cm³/mol. The van der Waals surface area contributed by atoms with E-state index in [0.29, 0.717) is 5.75 Å². The third kappa shape index (κ3) is 20.3. The van der Waals surface area contributed by atoms with Gasteiger partial charge in [0.05, 0.1) is 0 Å². The summed E-state index contributed by atoms with van der Waals surface area (Å²) < 4.78 is 11.8. The Hall–Kier alpha value is 0.110. The van der Waals surface area contributed by atoms with Crippen LogP contribution in [0.5, 0.6) is 0 Å². The van der Waals surface area contributed by atoms with E-state index < -0.39 is 10.8 Å². The van der Waals surface area contributed by atoms with E-state index in [1.54, 1.807) is 0 Å². The van der Waals surface area contributed by atoms with Gasteiger partial charge in [0, 0.05) is 28.9 Å². The first-order valence-electron chi connectivity index (χ1n) is 11.2. The Morgan fingerprint density at radius 1 is 0.680 bits per heavy atom. The van der Waals surface area contributed by atoms with E-state index in [9.17, 15) is 4.21 Å². The molecule has 0 rings (SSSR count). The Bertz CT molecular complexity index is 281. The van der Waals surface area contributed by atoms with Gasteiger partial charge in [0.1, 0.15) is 0 Å². The largest absolute Gasteiger partial charge is 0.396 e. The fourth-order valence-corrected chi connectivity index (χ4v) is 4.70. The molecule has 0 saturated carbocycles. The number of hydrogen-bond acceptors (Lipinski definition) is 2. The maximum atomic E-state index is 11.8. The van der Waals surface area contributed by atoms with Gasteiger partial charge in [0.2, 0.25) is 0 Å². The standard InChI is InChI=1S/C22H46O2S/c1-3-4-5-6-7-8-9-10-11-12-13-14-15-16-17-18-19-25(24)21-22(2)20-23/h22-23H,3-21H2,1-2H3. The predicted octanol–water partition coefficient (Wildman–Crippen LogP) is 6.63. The molecule has 0 amide bonds. The fourth-order valence-electron chi connectivity index (χ4n) is 3.26. The Kier molecular flexibility index (Phi) is 20.5. The van der Waals surface area contributed by atoms with Gasteiger partial charge in [-0.05, 0) is 12.3 Å². The first-order chi connectivity index (χ1) is 12.2. The Labute approximate surface area is 161 Å². The molecule has 0 aliphatic heterocycles. The van der Waals surface area contributed by atoms with Gasteiger partial charge in [-0.2, -0.15) is 0 Å². The molecule has 3 heteroatoms. The minimum absolute atomic E-state index is 0.157. The second kappa shape index (κ2) is 20.4. The lowest BCUT2D eigenvalue weighted by atomic mass is 10.0. The van der Waals surface area contributed by atoms with Crippen molar-refractivity contribution in [1.82, 2.24) is 0 Å². The first kappa shape index (κ1) is 25.1. The lowest BCUT2D eigenvalue weighted by molar-refractivity contribution is 0.250. The molecule has 0 saturated heterocycles. The van der Waals surface area contributed by atoms with Crippen LogP contribution in [0.2, 0.25) is 0 Å². The molecule has 1 N–H and O–H groups in total. The summed E-state index contributed by atoms with van der Waals surface area (Å²) in [5.41, 5.74) is 0. The molecule has 0 spiro atoms. The summed E-state index contributed by atoms with van der Waals surface area (Å²) in [4.78, 5) is 0. The lowest BCUT2D eigenvalue weighted by Crippen LogP contribution is -2.13. The van der Waals surface area contributed by atoms with Crippen molar-refractivity contribution in [1.29, 1.82) is 0 Å². The minimum Gasteiger partial charge on any atom is -0.396 e. The normalized spacial score (nSPS) is 13.9. The van der Waals surface area contributed by atoms with Gasteiger partial charge in [-0.15, -0.1) is 0 Å². The van der Waals surface area contributed by atoms with E-state index in [0.717, 1.165) is 12.2 Å². The average molecular weight is 375 g/mol. The van der Waals surface area contributed by atoms with Crippen molar-refractivity contribution in [3.05, 3.63) is 0 Å². The summed E-state index contributed by atoms with van der Waals surface area (Å²) in [6.45, 7) is 4.40. The highest BCUT2D eigenvalue weighted by atomic mass is 32.2. The fraction of sp³-hybridized carbons (Fsp3) is 1.00. The van der Waals surface area contributed by atoms with E-state index in [-0.39, 0.29) is 12.5 Å². The second-order valence-electron chi connectivity index (χ2n) is 7.90. The Morgan fingerprint density at radius 2 is 1.04 bits per heavy atom. The minimum atomic E-state index is -0.727. The molecule has 0 fully saturated rings. The summed E-state index contributed by atoms with van der Waals surface area (Å²) in [5, 5.41) is 8.96. The zero-order chi connectivity index (χ0) is 18.6. The molecule has 0 radical (unpaired) electrons. The van der Waals surface area contributed by atoms with Crippen LogP contribution in [0.15, 0.2) is 0 Å². The smallest absolute Gasteiger partial charge is 0.0465 e. The van der Waals surface area contributed by atoms with Crippen molar-refractivity contribution in [2.75, 3.05) is 18.1 Å². The SMILES string of the molecule is CCCCCCCCCCCCCCCCCCS(=O)CC(C)CO. The molecule has 152 valence electrons. The van der Waals surface area contributed by atoms with Crippen LogP contribution in [0.4, 0.5) is 0 Å². The van der Waals surface area contributed by atoms with E-state index in [4.69, 9.17) is 5.11 Å². The van der Waals surface area contributed by atoms with Gasteiger partial charge >= 0.3 is 0 Å². The molecule has 0 aromatic rings. The molecule has 0 aromatic carbocycles. The quantitative estimate of drug-likeness (QED) is 0.243. The molecule has 0 aliphatic carbocycles. The monoisotopic (exact) mass is 374 g/mol. The summed E-state index contributed by atoms with van der Waals surface area (Å²) >= 11 is 0. The van der Waals surface area contributed by atoms with Gasteiger partial charge in [-0.3, -0.25) is 4.21 Å². The van der Waals surface area contributed by atoms with Crippen LogP contribution < -0.4 is 0 Å². The van der Waals surface area contributed by atoms with Crippen LogP contribution in [0, 0.1) is 5.92 Å². The third-order valence-electron chi connectivity index (χ3n) is 5.01. The number of rotatable bonds is 20. The van der Waals surface area contributed by atoms with Crippen LogP contribution >= 0.6 is 0 Å². The second-order valence-corrected chi connectivity index (χ2v) is 9.52. The Balaban J connectivity index is 3.11. The van der Waals surface area contributed by atoms with Crippen LogP contribution in [0.1, 0.15) is 117 Å². The molecule has 2 nitrogen and oxygen atoms in total. The van der Waals surface area contributed by atoms with E-state index >= 15 is 0 Å². The van der Waals surface area contributed by atoms with E-state index in [1.807, 2.05) is 6.92 Å². The molecule has 2 atom stereocenters. The van der Waals surface area contributed by atoms with E-state index in [1.165, 1.54) is 96.3 Å². The van der Waals surface area contributed by atoms with Crippen molar-refractivity contribution in [2.45, 2.75) is 117 Å². The summed E-state index contributed by atoms with van der Waals surface area (Å²) in [6.07, 6.45) is 22.0. The van der Waals surface area contributed by atoms with Crippen molar-refractivity contribution >= 4 is 10.8 Å². The maximum absolute atomic E-state index is 11.8. The third-order valence-corrected chi connectivity index (χ3v) is 6.69. The first-order valence-corrected chi connectivity index (χ1v) is 12.6. The topological polar surface area (TPSA) is 37.3 Å². The van der Waals surface area contributed by atoms with E-state index in [2.05, 4.69) is 6.92 Å². The van der Waals surface area contributed by atoms with Gasteiger partial charge in [-0.1, -0.05) is 110 Å². The molecule has 2 unspecified atom stereocenters. The van der Waals surface area contributed by atoms with Crippen LogP contribution in [0.25, 0.3) is 0 Å². The average Bonchev–Trinajstić information content (AvgIpc) is 2.61. The number of aliphatic hydroxyl groups is 1. The highest BCUT2D eigenvalue weighted by Crippen LogP contribution is 2.13. The molecular weight excluding hydrogens is 328 g/mol. The highest BCUT2D eigenvalue weighted by Gasteiger charge is 2.06. The highest BCUT2D eigenvalue weighted by molar-refractivity contribution is 7.84. The number of unbranched alkanes of at least 4 members (excludes halogenated alkanes) is 15. The summed E-state index contributed by atoms with van der Waals surface area (Å²) in [7, 11) is -0.727. The van der Waals surface area contributed by atoms with Crippen LogP contribution in [0.3, 0.4) is 0 Å². The van der Waals surface area contributed by atoms with Crippen LogP contribution in [-0.4, -0.2) is 27.4 Å².